The average Bonchev–Trinajstić information content (AvgIpc) is 2.29. The van der Waals surface area contributed by atoms with Crippen molar-refractivity contribution in [3.05, 3.63) is 34.9 Å². The van der Waals surface area contributed by atoms with E-state index < -0.39 is 0 Å². The maximum atomic E-state index is 12.1. The van der Waals surface area contributed by atoms with Crippen molar-refractivity contribution in [3.8, 4) is 0 Å². The van der Waals surface area contributed by atoms with Gasteiger partial charge in [0.2, 0.25) is 0 Å². The number of Topliss-reactive ketones (excluding diaryl/α,β-unsaturated/α-hetero) is 1. The summed E-state index contributed by atoms with van der Waals surface area (Å²) < 4.78 is 5.55. The molecule has 1 aromatic carbocycles. The van der Waals surface area contributed by atoms with E-state index in [2.05, 4.69) is 11.4 Å². The predicted molar refractivity (Wildman–Crippen MR) is 67.5 cm³/mol. The molecule has 0 saturated carbocycles. The third kappa shape index (κ3) is 3.38. The summed E-state index contributed by atoms with van der Waals surface area (Å²) in [6.07, 6.45) is 0.493. The fourth-order valence-corrected chi connectivity index (χ4v) is 2.21. The zero-order chi connectivity index (χ0) is 12.3. The smallest absolute Gasteiger partial charge is 0.165 e. The summed E-state index contributed by atoms with van der Waals surface area (Å²) >= 11 is 0. The Bertz CT molecular complexity index is 388. The predicted octanol–water partition coefficient (Wildman–Crippen LogP) is 1.86. The van der Waals surface area contributed by atoms with E-state index in [1.807, 2.05) is 26.0 Å². The summed E-state index contributed by atoms with van der Waals surface area (Å²) in [6, 6.07) is 5.98. The van der Waals surface area contributed by atoms with Gasteiger partial charge in [-0.2, -0.15) is 0 Å². The highest BCUT2D eigenvalue weighted by Crippen LogP contribution is 2.13. The van der Waals surface area contributed by atoms with Crippen LogP contribution in [-0.4, -0.2) is 31.6 Å². The molecule has 0 amide bonds. The topological polar surface area (TPSA) is 38.3 Å². The molecule has 1 unspecified atom stereocenters. The van der Waals surface area contributed by atoms with Crippen LogP contribution in [0.2, 0.25) is 0 Å². The number of hydrogen-bond acceptors (Lipinski definition) is 3. The number of carbonyl (C=O) groups excluding carboxylic acids is 1. The molecule has 0 spiro atoms. The van der Waals surface area contributed by atoms with Crippen LogP contribution in [0.1, 0.15) is 27.9 Å². The standard InChI is InChI=1S/C14H19NO2/c1-10-5-11(2)7-12(6-10)14(16)8-13-9-15-3-4-17-13/h5-7,13,15H,3-4,8-9H2,1-2H3. The van der Waals surface area contributed by atoms with Crippen molar-refractivity contribution in [2.75, 3.05) is 19.7 Å². The van der Waals surface area contributed by atoms with Crippen LogP contribution >= 0.6 is 0 Å². The third-order valence-electron chi connectivity index (χ3n) is 2.96. The molecule has 1 aliphatic heterocycles. The molecule has 17 heavy (non-hydrogen) atoms. The van der Waals surface area contributed by atoms with Crippen molar-refractivity contribution >= 4 is 5.78 Å². The molecule has 1 aromatic rings. The molecule has 3 nitrogen and oxygen atoms in total. The Balaban J connectivity index is 2.03. The molecule has 1 atom stereocenters. The van der Waals surface area contributed by atoms with E-state index in [-0.39, 0.29) is 11.9 Å². The number of ether oxygens (including phenoxy) is 1. The van der Waals surface area contributed by atoms with Crippen LogP contribution in [-0.2, 0) is 4.74 Å². The lowest BCUT2D eigenvalue weighted by molar-refractivity contribution is 0.0240. The van der Waals surface area contributed by atoms with Crippen molar-refractivity contribution in [1.29, 1.82) is 0 Å². The zero-order valence-corrected chi connectivity index (χ0v) is 10.5. The molecule has 0 radical (unpaired) electrons. The van der Waals surface area contributed by atoms with Crippen molar-refractivity contribution in [2.24, 2.45) is 0 Å². The maximum absolute atomic E-state index is 12.1. The van der Waals surface area contributed by atoms with Crippen molar-refractivity contribution in [1.82, 2.24) is 5.32 Å². The number of carbonyl (C=O) groups is 1. The van der Waals surface area contributed by atoms with E-state index in [0.717, 1.165) is 29.8 Å². The first-order valence-electron chi connectivity index (χ1n) is 6.09. The minimum Gasteiger partial charge on any atom is -0.375 e. The maximum Gasteiger partial charge on any atom is 0.165 e. The molecule has 0 aromatic heterocycles. The van der Waals surface area contributed by atoms with Gasteiger partial charge in [-0.05, 0) is 26.0 Å². The summed E-state index contributed by atoms with van der Waals surface area (Å²) in [5.41, 5.74) is 3.07. The summed E-state index contributed by atoms with van der Waals surface area (Å²) in [5.74, 6) is 0.172. The Kier molecular flexibility index (Phi) is 3.92. The molecule has 92 valence electrons. The number of rotatable bonds is 3. The second-order valence-corrected chi connectivity index (χ2v) is 4.70. The van der Waals surface area contributed by atoms with Gasteiger partial charge in [0.1, 0.15) is 0 Å². The first-order chi connectivity index (χ1) is 8.15. The fraction of sp³-hybridized carbons (Fsp3) is 0.500. The van der Waals surface area contributed by atoms with Gasteiger partial charge in [0.15, 0.2) is 5.78 Å². The molecule has 1 N–H and O–H groups in total. The molecule has 1 heterocycles. The minimum absolute atomic E-state index is 0.0251. The average molecular weight is 233 g/mol. The number of morpholine rings is 1. The van der Waals surface area contributed by atoms with Gasteiger partial charge >= 0.3 is 0 Å². The van der Waals surface area contributed by atoms with Crippen LogP contribution in [0.4, 0.5) is 0 Å². The van der Waals surface area contributed by atoms with E-state index >= 15 is 0 Å². The number of aryl methyl sites for hydroxylation is 2. The van der Waals surface area contributed by atoms with Gasteiger partial charge in [-0.1, -0.05) is 17.2 Å². The largest absolute Gasteiger partial charge is 0.375 e. The highest BCUT2D eigenvalue weighted by molar-refractivity contribution is 5.96. The highest BCUT2D eigenvalue weighted by atomic mass is 16.5. The second kappa shape index (κ2) is 5.43. The molecule has 1 fully saturated rings. The van der Waals surface area contributed by atoms with Gasteiger partial charge in [0.25, 0.3) is 0 Å². The van der Waals surface area contributed by atoms with Crippen molar-refractivity contribution in [3.63, 3.8) is 0 Å². The number of benzene rings is 1. The van der Waals surface area contributed by atoms with Crippen LogP contribution in [0.25, 0.3) is 0 Å². The molecule has 1 saturated heterocycles. The van der Waals surface area contributed by atoms with Crippen LogP contribution in [0, 0.1) is 13.8 Å². The summed E-state index contributed by atoms with van der Waals surface area (Å²) in [6.45, 7) is 6.39. The van der Waals surface area contributed by atoms with Crippen LogP contribution in [0.3, 0.4) is 0 Å². The van der Waals surface area contributed by atoms with Crippen LogP contribution < -0.4 is 5.32 Å². The number of ketones is 1. The van der Waals surface area contributed by atoms with Crippen LogP contribution in [0.15, 0.2) is 18.2 Å². The Labute approximate surface area is 102 Å². The molecule has 2 rings (SSSR count). The van der Waals surface area contributed by atoms with Gasteiger partial charge in [-0.15, -0.1) is 0 Å². The molecule has 1 aliphatic rings. The Morgan fingerprint density at radius 3 is 2.65 bits per heavy atom. The molecular weight excluding hydrogens is 214 g/mol. The van der Waals surface area contributed by atoms with Gasteiger partial charge < -0.3 is 10.1 Å². The second-order valence-electron chi connectivity index (χ2n) is 4.70. The van der Waals surface area contributed by atoms with E-state index in [1.165, 1.54) is 0 Å². The SMILES string of the molecule is Cc1cc(C)cc(C(=O)CC2CNCCO2)c1. The van der Waals surface area contributed by atoms with E-state index in [0.29, 0.717) is 13.0 Å². The molecule has 3 heteroatoms. The lowest BCUT2D eigenvalue weighted by Gasteiger charge is -2.23. The van der Waals surface area contributed by atoms with Crippen molar-refractivity contribution in [2.45, 2.75) is 26.4 Å². The third-order valence-corrected chi connectivity index (χ3v) is 2.96. The first kappa shape index (κ1) is 12.3. The lowest BCUT2D eigenvalue weighted by atomic mass is 10.0. The molecule has 0 bridgehead atoms. The summed E-state index contributed by atoms with van der Waals surface area (Å²) in [7, 11) is 0. The Morgan fingerprint density at radius 2 is 2.06 bits per heavy atom. The van der Waals surface area contributed by atoms with E-state index in [9.17, 15) is 4.79 Å². The highest BCUT2D eigenvalue weighted by Gasteiger charge is 2.18. The van der Waals surface area contributed by atoms with Crippen LogP contribution in [0.5, 0.6) is 0 Å². The number of nitrogens with one attached hydrogen (secondary N) is 1. The summed E-state index contributed by atoms with van der Waals surface area (Å²) in [5, 5.41) is 3.24. The Hall–Kier alpha value is -1.19. The Morgan fingerprint density at radius 1 is 1.35 bits per heavy atom. The number of hydrogen-bond donors (Lipinski definition) is 1. The monoisotopic (exact) mass is 233 g/mol. The quantitative estimate of drug-likeness (QED) is 0.810. The molecule has 0 aliphatic carbocycles. The van der Waals surface area contributed by atoms with Gasteiger partial charge in [-0.3, -0.25) is 4.79 Å². The normalized spacial score (nSPS) is 20.2. The first-order valence-corrected chi connectivity index (χ1v) is 6.09. The van der Waals surface area contributed by atoms with Crippen molar-refractivity contribution < 1.29 is 9.53 Å². The van der Waals surface area contributed by atoms with Gasteiger partial charge in [-0.25, -0.2) is 0 Å². The fourth-order valence-electron chi connectivity index (χ4n) is 2.21. The van der Waals surface area contributed by atoms with Gasteiger partial charge in [0.05, 0.1) is 12.7 Å². The minimum atomic E-state index is 0.0251. The lowest BCUT2D eigenvalue weighted by Crippen LogP contribution is -2.39. The van der Waals surface area contributed by atoms with Gasteiger partial charge in [0, 0.05) is 25.1 Å². The molecular formula is C14H19NO2. The zero-order valence-electron chi connectivity index (χ0n) is 10.5. The van der Waals surface area contributed by atoms with E-state index in [1.54, 1.807) is 0 Å². The summed E-state index contributed by atoms with van der Waals surface area (Å²) in [4.78, 5) is 12.1. The van der Waals surface area contributed by atoms with E-state index in [4.69, 9.17) is 4.74 Å².